The lowest BCUT2D eigenvalue weighted by atomic mass is 10.1. The molecule has 1 aliphatic heterocycles. The van der Waals surface area contributed by atoms with Crippen LogP contribution in [0.25, 0.3) is 11.3 Å². The van der Waals surface area contributed by atoms with Crippen LogP contribution in [0.3, 0.4) is 0 Å². The molecule has 2 aromatic rings. The van der Waals surface area contributed by atoms with E-state index in [0.717, 1.165) is 17.8 Å². The second-order valence-corrected chi connectivity index (χ2v) is 9.45. The van der Waals surface area contributed by atoms with Crippen LogP contribution in [0.5, 0.6) is 0 Å². The van der Waals surface area contributed by atoms with E-state index in [4.69, 9.17) is 0 Å². The van der Waals surface area contributed by atoms with E-state index in [1.54, 1.807) is 6.20 Å². The predicted molar refractivity (Wildman–Crippen MR) is 92.8 cm³/mol. The average molecular weight is 330 g/mol. The number of hydrogen-bond acceptors (Lipinski definition) is 4. The number of sulfone groups is 1. The summed E-state index contributed by atoms with van der Waals surface area (Å²) in [6, 6.07) is 14.2. The fourth-order valence-electron chi connectivity index (χ4n) is 3.00. The van der Waals surface area contributed by atoms with Crippen molar-refractivity contribution in [3.05, 3.63) is 54.2 Å². The number of hydrogen-bond donors (Lipinski definition) is 0. The van der Waals surface area contributed by atoms with Gasteiger partial charge in [0.05, 0.1) is 16.2 Å². The SMILES string of the molecule is CC1(C)CN(Cc2cccc(-c3ccccn3)c2)CCS1(=O)=O. The molecule has 5 heteroatoms. The van der Waals surface area contributed by atoms with Gasteiger partial charge < -0.3 is 0 Å². The van der Waals surface area contributed by atoms with Gasteiger partial charge in [0.25, 0.3) is 0 Å². The van der Waals surface area contributed by atoms with Gasteiger partial charge in [-0.1, -0.05) is 24.3 Å². The first-order valence-electron chi connectivity index (χ1n) is 7.82. The van der Waals surface area contributed by atoms with E-state index in [-0.39, 0.29) is 5.75 Å². The van der Waals surface area contributed by atoms with Crippen LogP contribution in [0.4, 0.5) is 0 Å². The summed E-state index contributed by atoms with van der Waals surface area (Å²) in [6.45, 7) is 5.57. The van der Waals surface area contributed by atoms with Gasteiger partial charge >= 0.3 is 0 Å². The Labute approximate surface area is 138 Å². The molecule has 0 atom stereocenters. The lowest BCUT2D eigenvalue weighted by Gasteiger charge is -2.37. The lowest BCUT2D eigenvalue weighted by Crippen LogP contribution is -2.52. The number of pyridine rings is 1. The number of aromatic nitrogens is 1. The van der Waals surface area contributed by atoms with Crippen LogP contribution in [0.2, 0.25) is 0 Å². The summed E-state index contributed by atoms with van der Waals surface area (Å²) in [5.74, 6) is 0.236. The van der Waals surface area contributed by atoms with Crippen LogP contribution in [0.1, 0.15) is 19.4 Å². The van der Waals surface area contributed by atoms with Crippen molar-refractivity contribution in [1.82, 2.24) is 9.88 Å². The molecule has 1 saturated heterocycles. The van der Waals surface area contributed by atoms with Crippen LogP contribution < -0.4 is 0 Å². The molecule has 4 nitrogen and oxygen atoms in total. The number of benzene rings is 1. The lowest BCUT2D eigenvalue weighted by molar-refractivity contribution is 0.242. The van der Waals surface area contributed by atoms with E-state index in [2.05, 4.69) is 28.1 Å². The topological polar surface area (TPSA) is 50.3 Å². The number of nitrogens with zero attached hydrogens (tertiary/aromatic N) is 2. The summed E-state index contributed by atoms with van der Waals surface area (Å²) in [5.41, 5.74) is 3.23. The molecular weight excluding hydrogens is 308 g/mol. The zero-order valence-corrected chi connectivity index (χ0v) is 14.4. The Bertz CT molecular complexity index is 786. The minimum atomic E-state index is -2.99. The first-order valence-corrected chi connectivity index (χ1v) is 9.48. The highest BCUT2D eigenvalue weighted by atomic mass is 32.2. The Morgan fingerprint density at radius 1 is 1.17 bits per heavy atom. The summed E-state index contributed by atoms with van der Waals surface area (Å²) >= 11 is 0. The highest BCUT2D eigenvalue weighted by Gasteiger charge is 2.39. The fourth-order valence-corrected chi connectivity index (χ4v) is 4.43. The van der Waals surface area contributed by atoms with Crippen molar-refractivity contribution >= 4 is 9.84 Å². The maximum absolute atomic E-state index is 12.1. The third-order valence-electron chi connectivity index (χ3n) is 4.42. The number of rotatable bonds is 3. The zero-order chi connectivity index (χ0) is 16.5. The van der Waals surface area contributed by atoms with Gasteiger partial charge in [0.15, 0.2) is 9.84 Å². The van der Waals surface area contributed by atoms with Crippen molar-refractivity contribution in [3.8, 4) is 11.3 Å². The van der Waals surface area contributed by atoms with Crippen molar-refractivity contribution in [2.75, 3.05) is 18.8 Å². The minimum Gasteiger partial charge on any atom is -0.297 e. The van der Waals surface area contributed by atoms with E-state index < -0.39 is 14.6 Å². The second kappa shape index (κ2) is 6.06. The van der Waals surface area contributed by atoms with Crippen molar-refractivity contribution in [2.24, 2.45) is 0 Å². The van der Waals surface area contributed by atoms with Crippen LogP contribution in [0, 0.1) is 0 Å². The largest absolute Gasteiger partial charge is 0.297 e. The Balaban J connectivity index is 1.77. The maximum Gasteiger partial charge on any atom is 0.157 e. The normalized spacial score (nSPS) is 20.3. The predicted octanol–water partition coefficient (Wildman–Crippen LogP) is 2.76. The van der Waals surface area contributed by atoms with Crippen molar-refractivity contribution in [3.63, 3.8) is 0 Å². The molecule has 0 unspecified atom stereocenters. The maximum atomic E-state index is 12.1. The fraction of sp³-hybridized carbons (Fsp3) is 0.389. The molecule has 0 saturated carbocycles. The van der Waals surface area contributed by atoms with E-state index in [0.29, 0.717) is 13.1 Å². The van der Waals surface area contributed by atoms with E-state index >= 15 is 0 Å². The van der Waals surface area contributed by atoms with E-state index in [1.807, 2.05) is 38.1 Å². The summed E-state index contributed by atoms with van der Waals surface area (Å²) in [4.78, 5) is 6.61. The van der Waals surface area contributed by atoms with Gasteiger partial charge in [-0.3, -0.25) is 9.88 Å². The molecule has 3 rings (SSSR count). The highest BCUT2D eigenvalue weighted by molar-refractivity contribution is 7.92. The monoisotopic (exact) mass is 330 g/mol. The summed E-state index contributed by atoms with van der Waals surface area (Å²) in [6.07, 6.45) is 1.79. The van der Waals surface area contributed by atoms with Crippen molar-refractivity contribution in [2.45, 2.75) is 25.1 Å². The molecule has 0 amide bonds. The Morgan fingerprint density at radius 3 is 2.70 bits per heavy atom. The van der Waals surface area contributed by atoms with Gasteiger partial charge in [-0.2, -0.15) is 0 Å². The van der Waals surface area contributed by atoms with Crippen LogP contribution in [-0.4, -0.2) is 41.9 Å². The third kappa shape index (κ3) is 3.46. The second-order valence-electron chi connectivity index (χ2n) is 6.70. The molecule has 1 fully saturated rings. The molecule has 23 heavy (non-hydrogen) atoms. The molecule has 122 valence electrons. The minimum absolute atomic E-state index is 0.236. The van der Waals surface area contributed by atoms with Gasteiger partial charge in [-0.25, -0.2) is 8.42 Å². The smallest absolute Gasteiger partial charge is 0.157 e. The van der Waals surface area contributed by atoms with E-state index in [9.17, 15) is 8.42 Å². The molecule has 1 aliphatic rings. The molecule has 0 radical (unpaired) electrons. The first kappa shape index (κ1) is 16.1. The van der Waals surface area contributed by atoms with Crippen LogP contribution in [0.15, 0.2) is 48.7 Å². The van der Waals surface area contributed by atoms with Crippen LogP contribution >= 0.6 is 0 Å². The standard InChI is InChI=1S/C18H22N2O2S/c1-18(2)14-20(10-11-23(18,21)22)13-15-6-5-7-16(12-15)17-8-3-4-9-19-17/h3-9,12H,10-11,13-14H2,1-2H3. The van der Waals surface area contributed by atoms with Crippen molar-refractivity contribution < 1.29 is 8.42 Å². The summed E-state index contributed by atoms with van der Waals surface area (Å²) < 4.78 is 23.5. The molecule has 1 aromatic carbocycles. The third-order valence-corrected chi connectivity index (χ3v) is 6.95. The Morgan fingerprint density at radius 2 is 2.00 bits per heavy atom. The van der Waals surface area contributed by atoms with Crippen molar-refractivity contribution in [1.29, 1.82) is 0 Å². The van der Waals surface area contributed by atoms with Gasteiger partial charge in [0, 0.05) is 31.4 Å². The Hall–Kier alpha value is -1.72. The zero-order valence-electron chi connectivity index (χ0n) is 13.6. The quantitative estimate of drug-likeness (QED) is 0.868. The van der Waals surface area contributed by atoms with Crippen LogP contribution in [-0.2, 0) is 16.4 Å². The van der Waals surface area contributed by atoms with Gasteiger partial charge in [-0.05, 0) is 37.6 Å². The van der Waals surface area contributed by atoms with E-state index in [1.165, 1.54) is 5.56 Å². The summed E-state index contributed by atoms with van der Waals surface area (Å²) in [7, 11) is -2.99. The summed E-state index contributed by atoms with van der Waals surface area (Å²) in [5, 5.41) is 0. The molecule has 1 aromatic heterocycles. The highest BCUT2D eigenvalue weighted by Crippen LogP contribution is 2.25. The molecule has 2 heterocycles. The first-order chi connectivity index (χ1) is 10.9. The molecule has 0 spiro atoms. The molecule has 0 N–H and O–H groups in total. The van der Waals surface area contributed by atoms with Gasteiger partial charge in [0.1, 0.15) is 0 Å². The Kier molecular flexibility index (Phi) is 4.25. The molecule has 0 aliphatic carbocycles. The molecule has 0 bridgehead atoms. The average Bonchev–Trinajstić information content (AvgIpc) is 2.52. The van der Waals surface area contributed by atoms with Gasteiger partial charge in [0.2, 0.25) is 0 Å². The molecular formula is C18H22N2O2S. The van der Waals surface area contributed by atoms with Gasteiger partial charge in [-0.15, -0.1) is 0 Å².